The molecule has 0 bridgehead atoms. The van der Waals surface area contributed by atoms with Gasteiger partial charge < -0.3 is 20.3 Å². The number of nitrogens with one attached hydrogen (secondary N) is 2. The Kier molecular flexibility index (Phi) is 8.50. The Morgan fingerprint density at radius 2 is 1.60 bits per heavy atom. The monoisotopic (exact) mass is 416 g/mol. The van der Waals surface area contributed by atoms with Crippen molar-refractivity contribution < 1.29 is 4.74 Å². The molecular formula is C23H40N6O. The Hall–Kier alpha value is -1.67. The summed E-state index contributed by atoms with van der Waals surface area (Å²) in [4.78, 5) is 11.8. The van der Waals surface area contributed by atoms with Crippen LogP contribution in [0.3, 0.4) is 0 Å². The van der Waals surface area contributed by atoms with E-state index in [1.54, 1.807) is 0 Å². The molecule has 0 saturated carbocycles. The molecule has 0 atom stereocenters. The van der Waals surface area contributed by atoms with Crippen molar-refractivity contribution in [2.24, 2.45) is 4.99 Å². The molecule has 0 aromatic heterocycles. The van der Waals surface area contributed by atoms with E-state index in [2.05, 4.69) is 75.5 Å². The van der Waals surface area contributed by atoms with E-state index < -0.39 is 0 Å². The molecule has 2 saturated heterocycles. The molecule has 3 rings (SSSR count). The van der Waals surface area contributed by atoms with E-state index in [0.29, 0.717) is 0 Å². The second-order valence-electron chi connectivity index (χ2n) is 9.09. The smallest absolute Gasteiger partial charge is 0.191 e. The predicted octanol–water partition coefficient (Wildman–Crippen LogP) is 1.21. The highest BCUT2D eigenvalue weighted by atomic mass is 16.5. The van der Waals surface area contributed by atoms with Crippen molar-refractivity contribution in [3.05, 3.63) is 35.4 Å². The van der Waals surface area contributed by atoms with Gasteiger partial charge in [0.25, 0.3) is 0 Å². The third-order valence-corrected chi connectivity index (χ3v) is 6.26. The van der Waals surface area contributed by atoms with Gasteiger partial charge in [0.05, 0.1) is 13.2 Å². The first-order chi connectivity index (χ1) is 14.5. The van der Waals surface area contributed by atoms with Crippen LogP contribution in [0, 0.1) is 0 Å². The molecule has 7 heteroatoms. The quantitative estimate of drug-likeness (QED) is 0.515. The number of piperazine rings is 1. The maximum absolute atomic E-state index is 5.48. The number of hydrogen-bond donors (Lipinski definition) is 2. The molecular weight excluding hydrogens is 376 g/mol. The summed E-state index contributed by atoms with van der Waals surface area (Å²) in [5.41, 5.74) is 2.72. The van der Waals surface area contributed by atoms with E-state index in [-0.39, 0.29) is 5.54 Å². The second kappa shape index (κ2) is 11.1. The Labute approximate surface area is 182 Å². The number of guanidine groups is 1. The van der Waals surface area contributed by atoms with E-state index in [9.17, 15) is 0 Å². The summed E-state index contributed by atoms with van der Waals surface area (Å²) < 4.78 is 5.48. The Morgan fingerprint density at radius 3 is 2.23 bits per heavy atom. The van der Waals surface area contributed by atoms with Gasteiger partial charge in [0.2, 0.25) is 0 Å². The third kappa shape index (κ3) is 6.94. The summed E-state index contributed by atoms with van der Waals surface area (Å²) in [5, 5.41) is 6.94. The molecule has 1 aromatic carbocycles. The number of hydrogen-bond acceptors (Lipinski definition) is 5. The van der Waals surface area contributed by atoms with Gasteiger partial charge in [0.15, 0.2) is 5.96 Å². The normalized spacial score (nSPS) is 20.3. The highest BCUT2D eigenvalue weighted by molar-refractivity contribution is 5.79. The van der Waals surface area contributed by atoms with E-state index in [1.807, 2.05) is 7.05 Å². The van der Waals surface area contributed by atoms with Crippen LogP contribution in [0.4, 0.5) is 0 Å². The fourth-order valence-electron chi connectivity index (χ4n) is 4.01. The fraction of sp³-hybridized carbons (Fsp3) is 0.696. The Morgan fingerprint density at radius 1 is 0.967 bits per heavy atom. The lowest BCUT2D eigenvalue weighted by molar-refractivity contribution is -0.00834. The highest BCUT2D eigenvalue weighted by Crippen LogP contribution is 2.15. The van der Waals surface area contributed by atoms with Crippen molar-refractivity contribution in [2.75, 3.05) is 73.1 Å². The maximum atomic E-state index is 5.48. The number of benzene rings is 1. The first-order valence-corrected chi connectivity index (χ1v) is 11.2. The molecule has 1 aromatic rings. The van der Waals surface area contributed by atoms with Crippen molar-refractivity contribution in [3.8, 4) is 0 Å². The minimum Gasteiger partial charge on any atom is -0.379 e. The molecule has 7 nitrogen and oxygen atoms in total. The number of rotatable bonds is 7. The van der Waals surface area contributed by atoms with Crippen LogP contribution in [0.2, 0.25) is 0 Å². The topological polar surface area (TPSA) is 55.4 Å². The first kappa shape index (κ1) is 23.0. The zero-order chi connectivity index (χ0) is 21.4. The van der Waals surface area contributed by atoms with Gasteiger partial charge in [-0.15, -0.1) is 0 Å². The summed E-state index contributed by atoms with van der Waals surface area (Å²) in [5.74, 6) is 0.845. The molecule has 168 valence electrons. The van der Waals surface area contributed by atoms with Gasteiger partial charge in [-0.25, -0.2) is 0 Å². The van der Waals surface area contributed by atoms with E-state index in [0.717, 1.165) is 78.1 Å². The number of aliphatic imine (C=N–C) groups is 1. The molecule has 0 amide bonds. The van der Waals surface area contributed by atoms with Crippen molar-refractivity contribution in [2.45, 2.75) is 32.5 Å². The van der Waals surface area contributed by atoms with Crippen molar-refractivity contribution in [1.82, 2.24) is 25.3 Å². The average molecular weight is 417 g/mol. The molecule has 2 fully saturated rings. The van der Waals surface area contributed by atoms with Crippen LogP contribution in [-0.2, 0) is 17.8 Å². The van der Waals surface area contributed by atoms with Gasteiger partial charge in [0.1, 0.15) is 0 Å². The lowest BCUT2D eigenvalue weighted by Crippen LogP contribution is -2.56. The standard InChI is InChI=1S/C23H40N6O/c1-23(2,29-13-15-30-16-14-29)19-26-22(24-3)25-17-20-5-7-21(8-6-20)18-28-11-9-27(4)10-12-28/h5-8H,9-19H2,1-4H3,(H2,24,25,26). The molecule has 30 heavy (non-hydrogen) atoms. The summed E-state index contributed by atoms with van der Waals surface area (Å²) in [7, 11) is 4.03. The van der Waals surface area contributed by atoms with Crippen LogP contribution in [0.5, 0.6) is 0 Å². The van der Waals surface area contributed by atoms with Crippen LogP contribution in [0.25, 0.3) is 0 Å². The van der Waals surface area contributed by atoms with E-state index >= 15 is 0 Å². The van der Waals surface area contributed by atoms with Crippen LogP contribution in [0.1, 0.15) is 25.0 Å². The molecule has 0 spiro atoms. The molecule has 2 aliphatic heterocycles. The SMILES string of the molecule is CN=C(NCc1ccc(CN2CCN(C)CC2)cc1)NCC(C)(C)N1CCOCC1. The summed E-state index contributed by atoms with van der Waals surface area (Å²) in [6.07, 6.45) is 0. The van der Waals surface area contributed by atoms with Gasteiger partial charge in [-0.05, 0) is 32.0 Å². The van der Waals surface area contributed by atoms with Crippen LogP contribution in [0.15, 0.2) is 29.3 Å². The Bertz CT molecular complexity index is 661. The first-order valence-electron chi connectivity index (χ1n) is 11.2. The van der Waals surface area contributed by atoms with Crippen LogP contribution < -0.4 is 10.6 Å². The van der Waals surface area contributed by atoms with E-state index in [4.69, 9.17) is 4.74 Å². The average Bonchev–Trinajstić information content (AvgIpc) is 2.77. The second-order valence-corrected chi connectivity index (χ2v) is 9.09. The maximum Gasteiger partial charge on any atom is 0.191 e. The van der Waals surface area contributed by atoms with Crippen molar-refractivity contribution >= 4 is 5.96 Å². The molecule has 0 radical (unpaired) electrons. The highest BCUT2D eigenvalue weighted by Gasteiger charge is 2.28. The summed E-state index contributed by atoms with van der Waals surface area (Å²) >= 11 is 0. The predicted molar refractivity (Wildman–Crippen MR) is 124 cm³/mol. The zero-order valence-electron chi connectivity index (χ0n) is 19.3. The van der Waals surface area contributed by atoms with Crippen LogP contribution in [-0.4, -0.2) is 99.3 Å². The number of likely N-dealkylation sites (N-methyl/N-ethyl adjacent to an activating group) is 1. The van der Waals surface area contributed by atoms with Gasteiger partial charge in [-0.1, -0.05) is 24.3 Å². The summed E-state index contributed by atoms with van der Waals surface area (Å²) in [6.45, 7) is 15.5. The molecule has 2 N–H and O–H groups in total. The minimum absolute atomic E-state index is 0.0618. The van der Waals surface area contributed by atoms with Gasteiger partial charge in [-0.2, -0.15) is 0 Å². The minimum atomic E-state index is 0.0618. The van der Waals surface area contributed by atoms with Gasteiger partial charge >= 0.3 is 0 Å². The number of nitrogens with zero attached hydrogens (tertiary/aromatic N) is 4. The van der Waals surface area contributed by atoms with Gasteiger partial charge in [0, 0.05) is 71.5 Å². The lowest BCUT2D eigenvalue weighted by atomic mass is 10.0. The molecule has 2 aliphatic rings. The summed E-state index contributed by atoms with van der Waals surface area (Å²) in [6, 6.07) is 8.97. The largest absolute Gasteiger partial charge is 0.379 e. The Balaban J connectivity index is 1.42. The van der Waals surface area contributed by atoms with E-state index in [1.165, 1.54) is 11.1 Å². The lowest BCUT2D eigenvalue weighted by Gasteiger charge is -2.41. The van der Waals surface area contributed by atoms with Crippen molar-refractivity contribution in [1.29, 1.82) is 0 Å². The van der Waals surface area contributed by atoms with Gasteiger partial charge in [-0.3, -0.25) is 14.8 Å². The zero-order valence-corrected chi connectivity index (χ0v) is 19.3. The number of morpholine rings is 1. The fourth-order valence-corrected chi connectivity index (χ4v) is 4.01. The molecule has 0 aliphatic carbocycles. The third-order valence-electron chi connectivity index (χ3n) is 6.26. The number of ether oxygens (including phenoxy) is 1. The molecule has 2 heterocycles. The van der Waals surface area contributed by atoms with Crippen LogP contribution >= 0.6 is 0 Å². The van der Waals surface area contributed by atoms with Crippen molar-refractivity contribution in [3.63, 3.8) is 0 Å². The molecule has 0 unspecified atom stereocenters.